The summed E-state index contributed by atoms with van der Waals surface area (Å²) in [5.74, 6) is -1.18. The first-order valence-electron chi connectivity index (χ1n) is 8.97. The lowest BCUT2D eigenvalue weighted by atomic mass is 10.1. The molecule has 2 heterocycles. The molecule has 142 valence electrons. The number of carbonyl (C=O) groups excluding carboxylic acids is 1. The summed E-state index contributed by atoms with van der Waals surface area (Å²) >= 11 is 6.47. The van der Waals surface area contributed by atoms with Gasteiger partial charge in [-0.25, -0.2) is 0 Å². The number of nitrogens with zero attached hydrogens (tertiary/aromatic N) is 2. The van der Waals surface area contributed by atoms with E-state index in [-0.39, 0.29) is 18.9 Å². The number of hydrogen-bond donors (Lipinski definition) is 1. The van der Waals surface area contributed by atoms with Crippen LogP contribution in [0.15, 0.2) is 47.4 Å². The molecule has 3 aromatic rings. The molecule has 1 amide bonds. The smallest absolute Gasteiger partial charge is 0.305 e. The van der Waals surface area contributed by atoms with Gasteiger partial charge in [-0.1, -0.05) is 48.2 Å². The van der Waals surface area contributed by atoms with E-state index in [1.165, 1.54) is 27.6 Å². The minimum atomic E-state index is -0.948. The summed E-state index contributed by atoms with van der Waals surface area (Å²) in [6.45, 7) is 3.11. The Bertz CT molecular complexity index is 1160. The summed E-state index contributed by atoms with van der Waals surface area (Å²) in [7, 11) is 0. The van der Waals surface area contributed by atoms with Crippen molar-refractivity contribution in [2.45, 2.75) is 19.9 Å². The summed E-state index contributed by atoms with van der Waals surface area (Å²) in [6.07, 6.45) is 1.71. The molecule has 0 aliphatic carbocycles. The van der Waals surface area contributed by atoms with Gasteiger partial charge >= 0.3 is 5.97 Å². The van der Waals surface area contributed by atoms with Gasteiger partial charge < -0.3 is 9.67 Å². The monoisotopic (exact) mass is 410 g/mol. The largest absolute Gasteiger partial charge is 0.481 e. The van der Waals surface area contributed by atoms with Crippen molar-refractivity contribution >= 4 is 68.1 Å². The van der Waals surface area contributed by atoms with Gasteiger partial charge in [-0.2, -0.15) is 0 Å². The van der Waals surface area contributed by atoms with Crippen molar-refractivity contribution < 1.29 is 14.7 Å². The number of carboxylic acid groups (broad SMARTS) is 1. The highest BCUT2D eigenvalue weighted by molar-refractivity contribution is 8.26. The van der Waals surface area contributed by atoms with Crippen LogP contribution in [0.1, 0.15) is 18.9 Å². The number of amides is 1. The van der Waals surface area contributed by atoms with Crippen LogP contribution in [-0.4, -0.2) is 37.3 Å². The Morgan fingerprint density at radius 2 is 1.93 bits per heavy atom. The van der Waals surface area contributed by atoms with Crippen LogP contribution in [0, 0.1) is 0 Å². The highest BCUT2D eigenvalue weighted by Crippen LogP contribution is 2.34. The standard InChI is InChI=1S/C21H18N2O3S2/c1-2-22-16-6-4-3-5-14(16)15-11-13(7-8-17(15)22)12-18-20(26)23(21(27)28-18)10-9-19(24)25/h3-8,11-12H,2,9-10H2,1H3,(H,24,25)/b18-12-. The van der Waals surface area contributed by atoms with E-state index < -0.39 is 5.97 Å². The summed E-state index contributed by atoms with van der Waals surface area (Å²) in [4.78, 5) is 25.3. The molecule has 0 spiro atoms. The normalized spacial score (nSPS) is 16.0. The van der Waals surface area contributed by atoms with Gasteiger partial charge in [0, 0.05) is 34.9 Å². The number of fused-ring (bicyclic) bond motifs is 3. The van der Waals surface area contributed by atoms with Crippen LogP contribution < -0.4 is 0 Å². The van der Waals surface area contributed by atoms with Crippen molar-refractivity contribution in [1.29, 1.82) is 0 Å². The molecule has 4 rings (SSSR count). The maximum Gasteiger partial charge on any atom is 0.305 e. The van der Waals surface area contributed by atoms with Gasteiger partial charge in [0.25, 0.3) is 5.91 Å². The Balaban J connectivity index is 1.72. The van der Waals surface area contributed by atoms with Crippen molar-refractivity contribution in [2.75, 3.05) is 6.54 Å². The number of aromatic nitrogens is 1. The fourth-order valence-corrected chi connectivity index (χ4v) is 4.86. The SMILES string of the molecule is CCn1c2ccccc2c2cc(/C=C3\SC(=S)N(CCC(=O)O)C3=O)ccc21. The number of thioether (sulfide) groups is 1. The van der Waals surface area contributed by atoms with Gasteiger partial charge in [0.2, 0.25) is 0 Å². The zero-order chi connectivity index (χ0) is 19.8. The number of carboxylic acids is 1. The average Bonchev–Trinajstić information content (AvgIpc) is 3.13. The number of aryl methyl sites for hydroxylation is 1. The molecular weight excluding hydrogens is 392 g/mol. The van der Waals surface area contributed by atoms with Gasteiger partial charge in [-0.15, -0.1) is 0 Å². The van der Waals surface area contributed by atoms with Gasteiger partial charge in [-0.3, -0.25) is 14.5 Å². The highest BCUT2D eigenvalue weighted by atomic mass is 32.2. The number of aliphatic carboxylic acids is 1. The van der Waals surface area contributed by atoms with Gasteiger partial charge in [0.1, 0.15) is 4.32 Å². The van der Waals surface area contributed by atoms with Crippen LogP contribution in [-0.2, 0) is 16.1 Å². The molecule has 28 heavy (non-hydrogen) atoms. The zero-order valence-corrected chi connectivity index (χ0v) is 16.8. The molecule has 2 aromatic carbocycles. The third-order valence-electron chi connectivity index (χ3n) is 4.83. The Morgan fingerprint density at radius 1 is 1.18 bits per heavy atom. The van der Waals surface area contributed by atoms with E-state index in [1.54, 1.807) is 0 Å². The molecule has 5 nitrogen and oxygen atoms in total. The van der Waals surface area contributed by atoms with Crippen molar-refractivity contribution in [1.82, 2.24) is 9.47 Å². The van der Waals surface area contributed by atoms with E-state index in [0.29, 0.717) is 9.23 Å². The van der Waals surface area contributed by atoms with Gasteiger partial charge in [0.05, 0.1) is 11.3 Å². The second-order valence-electron chi connectivity index (χ2n) is 6.52. The Labute approximate surface area is 171 Å². The molecule has 1 fully saturated rings. The first-order valence-corrected chi connectivity index (χ1v) is 10.2. The van der Waals surface area contributed by atoms with Crippen LogP contribution >= 0.6 is 24.0 Å². The third kappa shape index (κ3) is 3.21. The maximum atomic E-state index is 12.6. The van der Waals surface area contributed by atoms with Crippen LogP contribution in [0.3, 0.4) is 0 Å². The zero-order valence-electron chi connectivity index (χ0n) is 15.2. The molecule has 0 saturated carbocycles. The van der Waals surface area contributed by atoms with Gasteiger partial charge in [-0.05, 0) is 36.8 Å². The number of rotatable bonds is 5. The van der Waals surface area contributed by atoms with E-state index in [1.807, 2.05) is 24.3 Å². The van der Waals surface area contributed by atoms with E-state index in [4.69, 9.17) is 17.3 Å². The topological polar surface area (TPSA) is 62.5 Å². The molecule has 0 bridgehead atoms. The second-order valence-corrected chi connectivity index (χ2v) is 8.19. The highest BCUT2D eigenvalue weighted by Gasteiger charge is 2.32. The minimum absolute atomic E-state index is 0.0976. The van der Waals surface area contributed by atoms with Crippen molar-refractivity contribution in [2.24, 2.45) is 0 Å². The first-order chi connectivity index (χ1) is 13.5. The lowest BCUT2D eigenvalue weighted by Gasteiger charge is -2.12. The lowest BCUT2D eigenvalue weighted by Crippen LogP contribution is -2.30. The number of carbonyl (C=O) groups is 2. The number of thiocarbonyl (C=S) groups is 1. The van der Waals surface area contributed by atoms with E-state index >= 15 is 0 Å². The molecule has 7 heteroatoms. The van der Waals surface area contributed by atoms with Crippen molar-refractivity contribution in [3.63, 3.8) is 0 Å². The van der Waals surface area contributed by atoms with Crippen LogP contribution in [0.25, 0.3) is 27.9 Å². The van der Waals surface area contributed by atoms with Gasteiger partial charge in [0.15, 0.2) is 0 Å². The molecule has 1 aliphatic heterocycles. The molecule has 1 saturated heterocycles. The fraction of sp³-hybridized carbons (Fsp3) is 0.190. The number of hydrogen-bond acceptors (Lipinski definition) is 4. The third-order valence-corrected chi connectivity index (χ3v) is 6.21. The van der Waals surface area contributed by atoms with E-state index in [2.05, 4.69) is 35.8 Å². The second kappa shape index (κ2) is 7.41. The van der Waals surface area contributed by atoms with Crippen LogP contribution in [0.4, 0.5) is 0 Å². The summed E-state index contributed by atoms with van der Waals surface area (Å²) in [5, 5.41) is 11.2. The Kier molecular flexibility index (Phi) is 4.95. The molecular formula is C21H18N2O3S2. The fourth-order valence-electron chi connectivity index (χ4n) is 3.55. The number of para-hydroxylation sites is 1. The predicted octanol–water partition coefficient (Wildman–Crippen LogP) is 4.49. The average molecular weight is 411 g/mol. The quantitative estimate of drug-likeness (QED) is 0.496. The van der Waals surface area contributed by atoms with Crippen molar-refractivity contribution in [3.05, 3.63) is 52.9 Å². The lowest BCUT2D eigenvalue weighted by molar-refractivity contribution is -0.137. The van der Waals surface area contributed by atoms with Crippen LogP contribution in [0.2, 0.25) is 0 Å². The molecule has 1 aromatic heterocycles. The molecule has 0 atom stereocenters. The minimum Gasteiger partial charge on any atom is -0.481 e. The Hall–Kier alpha value is -2.64. The van der Waals surface area contributed by atoms with E-state index in [9.17, 15) is 9.59 Å². The maximum absolute atomic E-state index is 12.6. The molecule has 1 N–H and O–H groups in total. The summed E-state index contributed by atoms with van der Waals surface area (Å²) < 4.78 is 2.68. The Morgan fingerprint density at radius 3 is 2.68 bits per heavy atom. The molecule has 1 aliphatic rings. The summed E-state index contributed by atoms with van der Waals surface area (Å²) in [5.41, 5.74) is 3.28. The van der Waals surface area contributed by atoms with E-state index in [0.717, 1.165) is 23.0 Å². The van der Waals surface area contributed by atoms with Crippen molar-refractivity contribution in [3.8, 4) is 0 Å². The molecule has 0 unspecified atom stereocenters. The number of benzene rings is 2. The first kappa shape index (κ1) is 18.7. The summed E-state index contributed by atoms with van der Waals surface area (Å²) in [6, 6.07) is 14.5. The predicted molar refractivity (Wildman–Crippen MR) is 117 cm³/mol. The van der Waals surface area contributed by atoms with Crippen LogP contribution in [0.5, 0.6) is 0 Å². The molecule has 0 radical (unpaired) electrons.